The molecule has 5 amide bonds. The molecule has 6 rings (SSSR count). The van der Waals surface area contributed by atoms with Crippen LogP contribution in [0, 0.1) is 6.92 Å². The van der Waals surface area contributed by atoms with Crippen molar-refractivity contribution in [3.8, 4) is 5.75 Å². The van der Waals surface area contributed by atoms with E-state index in [9.17, 15) is 28.8 Å². The second kappa shape index (κ2) is 22.4. The molecule has 0 bridgehead atoms. The fourth-order valence-corrected chi connectivity index (χ4v) is 8.45. The number of benzene rings is 3. The third kappa shape index (κ3) is 13.7. The highest BCUT2D eigenvalue weighted by Crippen LogP contribution is 2.33. The molecule has 3 heterocycles. The molecule has 3 atom stereocenters. The molecular formula is C49H59N7O12S2. The molecule has 19 nitrogen and oxygen atoms in total. The number of hydroxylamine groups is 2. The van der Waals surface area contributed by atoms with E-state index in [1.165, 1.54) is 12.1 Å². The number of amides is 5. The molecule has 2 aliphatic rings. The van der Waals surface area contributed by atoms with E-state index in [-0.39, 0.29) is 28.5 Å². The number of nitrogens with zero attached hydrogens (tertiary/aromatic N) is 4. The molecule has 70 heavy (non-hydrogen) atoms. The average Bonchev–Trinajstić information content (AvgIpc) is 3.66. The van der Waals surface area contributed by atoms with Crippen molar-refractivity contribution in [3.05, 3.63) is 112 Å². The molecule has 4 aromatic rings. The Labute approximate surface area is 416 Å². The largest absolute Gasteiger partial charge is 0.489 e. The van der Waals surface area contributed by atoms with Gasteiger partial charge in [-0.3, -0.25) is 19.7 Å². The van der Waals surface area contributed by atoms with Crippen molar-refractivity contribution < 1.29 is 56.8 Å². The van der Waals surface area contributed by atoms with E-state index < -0.39 is 77.3 Å². The number of anilines is 1. The Kier molecular flexibility index (Phi) is 16.8. The van der Waals surface area contributed by atoms with Crippen molar-refractivity contribution in [1.29, 1.82) is 0 Å². The highest BCUT2D eigenvalue weighted by atomic mass is 32.1. The van der Waals surface area contributed by atoms with Crippen molar-refractivity contribution >= 4 is 71.0 Å². The second-order valence-corrected chi connectivity index (χ2v) is 20.4. The number of aryl methyl sites for hydroxylation is 1. The number of hydrogen-bond acceptors (Lipinski definition) is 16. The first kappa shape index (κ1) is 52.7. The van der Waals surface area contributed by atoms with E-state index in [2.05, 4.69) is 39.0 Å². The van der Waals surface area contributed by atoms with Crippen LogP contribution in [0.2, 0.25) is 0 Å². The number of β-lactam (4-membered cyclic amide) rings is 1. The van der Waals surface area contributed by atoms with Gasteiger partial charge in [0.05, 0.1) is 5.54 Å². The van der Waals surface area contributed by atoms with Crippen LogP contribution in [0.15, 0.2) is 90.1 Å². The van der Waals surface area contributed by atoms with Gasteiger partial charge in [0.15, 0.2) is 16.9 Å². The minimum absolute atomic E-state index is 0.0421. The van der Waals surface area contributed by atoms with Gasteiger partial charge >= 0.3 is 18.2 Å². The summed E-state index contributed by atoms with van der Waals surface area (Å²) in [7, 11) is 0. The number of ether oxygens (including phenoxy) is 4. The number of rotatable bonds is 16. The molecule has 374 valence electrons. The molecule has 0 saturated carbocycles. The summed E-state index contributed by atoms with van der Waals surface area (Å²) in [6.07, 6.45) is -2.42. The number of hydrogen-bond donors (Lipinski definition) is 4. The van der Waals surface area contributed by atoms with Crippen molar-refractivity contribution in [2.45, 2.75) is 116 Å². The number of carbonyl (C=O) groups is 6. The zero-order valence-corrected chi connectivity index (χ0v) is 42.2. The lowest BCUT2D eigenvalue weighted by Gasteiger charge is -2.50. The van der Waals surface area contributed by atoms with Crippen LogP contribution in [0.1, 0.15) is 106 Å². The van der Waals surface area contributed by atoms with E-state index >= 15 is 0 Å². The zero-order valence-electron chi connectivity index (χ0n) is 40.5. The molecule has 21 heteroatoms. The van der Waals surface area contributed by atoms with Gasteiger partial charge in [0, 0.05) is 42.5 Å². The van der Waals surface area contributed by atoms with Crippen LogP contribution < -0.4 is 20.7 Å². The summed E-state index contributed by atoms with van der Waals surface area (Å²) in [5.41, 5.74) is -1.39. The Morgan fingerprint density at radius 2 is 1.50 bits per heavy atom. The Hall–Kier alpha value is -6.71. The van der Waals surface area contributed by atoms with Gasteiger partial charge in [-0.05, 0) is 111 Å². The van der Waals surface area contributed by atoms with Gasteiger partial charge in [0.1, 0.15) is 35.3 Å². The van der Waals surface area contributed by atoms with Gasteiger partial charge < -0.3 is 39.3 Å². The minimum atomic E-state index is -1.65. The highest BCUT2D eigenvalue weighted by Gasteiger charge is 2.56. The van der Waals surface area contributed by atoms with Crippen molar-refractivity contribution in [2.24, 2.45) is 5.16 Å². The Morgan fingerprint density at radius 3 is 2.07 bits per heavy atom. The molecule has 0 radical (unpaired) electrons. The topological polar surface area (TPSA) is 226 Å². The predicted octanol–water partition coefficient (Wildman–Crippen LogP) is 7.31. The molecule has 3 N–H and O–H groups in total. The number of likely N-dealkylation sites (tertiary alicyclic amines) is 1. The van der Waals surface area contributed by atoms with E-state index in [0.717, 1.165) is 16.4 Å². The van der Waals surface area contributed by atoms with Crippen molar-refractivity contribution in [3.63, 3.8) is 0 Å². The smallest absolute Gasteiger partial charge is 0.413 e. The lowest BCUT2D eigenvalue weighted by Crippen LogP contribution is -2.76. The third-order valence-corrected chi connectivity index (χ3v) is 11.8. The monoisotopic (exact) mass is 1000 g/mol. The standard InChI is InChI=1S/C49H59N7O12S2/c1-29-36(51-44(70-29)53-45(61)65-47(2,3)4)37(41(58)52-39-42(59)56(68-69)49(39,8)9)54-67-35(43(60)64-38(30-17-12-10-13-18-30)31-19-14-11-15-20-31)28-63-34-24-22-32(23-25-34)40(57)50-33-21-16-26-55(27-33)46(62)66-48(5,6)7/h10-15,17-20,22-25,33,35,38-39,69H,16,21,26-28H2,1-9H3,(H,50,57)(H,52,58)(H,51,53,61)/b54-37-/t33?,35-,39+/m0/s1. The average molecular weight is 1000 g/mol. The van der Waals surface area contributed by atoms with Gasteiger partial charge in [0.25, 0.3) is 23.8 Å². The van der Waals surface area contributed by atoms with E-state index in [1.54, 1.807) is 128 Å². The Balaban J connectivity index is 1.27. The summed E-state index contributed by atoms with van der Waals surface area (Å²) < 4.78 is 28.1. The molecule has 0 spiro atoms. The lowest BCUT2D eigenvalue weighted by molar-refractivity contribution is -0.211. The summed E-state index contributed by atoms with van der Waals surface area (Å²) in [6.45, 7) is 15.7. The second-order valence-electron chi connectivity index (χ2n) is 19.1. The molecule has 0 aliphatic carbocycles. The number of aromatic nitrogens is 1. The van der Waals surface area contributed by atoms with Gasteiger partial charge in [-0.15, -0.1) is 11.3 Å². The molecule has 2 fully saturated rings. The maximum Gasteiger partial charge on any atom is 0.413 e. The van der Waals surface area contributed by atoms with Gasteiger partial charge in [-0.1, -0.05) is 65.8 Å². The molecule has 2 saturated heterocycles. The molecule has 1 unspecified atom stereocenters. The third-order valence-electron chi connectivity index (χ3n) is 10.8. The summed E-state index contributed by atoms with van der Waals surface area (Å²) >= 11 is 4.79. The zero-order chi connectivity index (χ0) is 51.0. The summed E-state index contributed by atoms with van der Waals surface area (Å²) in [4.78, 5) is 92.9. The van der Waals surface area contributed by atoms with Crippen LogP contribution in [0.5, 0.6) is 5.75 Å². The number of piperidine rings is 1. The van der Waals surface area contributed by atoms with E-state index in [0.29, 0.717) is 47.5 Å². The van der Waals surface area contributed by atoms with Crippen LogP contribution >= 0.6 is 24.2 Å². The SMILES string of the molecule is Cc1sc(NC(=O)OC(C)(C)C)nc1/C(=N/O[C@@H](COc1ccc(C(=O)NC2CCCN(C(=O)OC(C)(C)C)C2)cc1)C(=O)OC(c1ccccc1)c1ccccc1)C(=O)N[C@@H]1C(=O)N(OS)C1(C)C. The minimum Gasteiger partial charge on any atom is -0.489 e. The van der Waals surface area contributed by atoms with Crippen LogP contribution in [0.3, 0.4) is 0 Å². The number of esters is 1. The maximum atomic E-state index is 14.4. The van der Waals surface area contributed by atoms with Gasteiger partial charge in [0.2, 0.25) is 0 Å². The van der Waals surface area contributed by atoms with Crippen molar-refractivity contribution in [2.75, 3.05) is 25.0 Å². The lowest BCUT2D eigenvalue weighted by atomic mass is 9.84. The van der Waals surface area contributed by atoms with Gasteiger partial charge in [-0.2, -0.15) is 5.06 Å². The Bertz CT molecular complexity index is 2500. The Morgan fingerprint density at radius 1 is 0.886 bits per heavy atom. The molecule has 3 aromatic carbocycles. The molecular weight excluding hydrogens is 943 g/mol. The number of thiazole rings is 1. The predicted molar refractivity (Wildman–Crippen MR) is 262 cm³/mol. The van der Waals surface area contributed by atoms with Crippen LogP contribution in [-0.2, 0) is 37.7 Å². The quantitative estimate of drug-likeness (QED) is 0.0165. The first-order valence-corrected chi connectivity index (χ1v) is 23.7. The molecule has 2 aliphatic heterocycles. The maximum absolute atomic E-state index is 14.4. The number of carbonyl (C=O) groups excluding carboxylic acids is 6. The van der Waals surface area contributed by atoms with Crippen molar-refractivity contribution in [1.82, 2.24) is 25.6 Å². The van der Waals surface area contributed by atoms with Crippen LogP contribution in [-0.4, -0.2) is 111 Å². The van der Waals surface area contributed by atoms with Gasteiger partial charge in [-0.25, -0.2) is 23.7 Å². The van der Waals surface area contributed by atoms with E-state index in [1.807, 2.05) is 12.1 Å². The summed E-state index contributed by atoms with van der Waals surface area (Å²) in [6, 6.07) is 22.9. The summed E-state index contributed by atoms with van der Waals surface area (Å²) in [5.74, 6) is -2.56. The van der Waals surface area contributed by atoms with Crippen LogP contribution in [0.4, 0.5) is 14.7 Å². The van der Waals surface area contributed by atoms with Crippen LogP contribution in [0.25, 0.3) is 0 Å². The molecule has 1 aromatic heterocycles. The van der Waals surface area contributed by atoms with E-state index in [4.69, 9.17) is 28.1 Å². The first-order valence-electron chi connectivity index (χ1n) is 22.5. The first-order chi connectivity index (χ1) is 33.0. The highest BCUT2D eigenvalue weighted by molar-refractivity contribution is 7.75. The fourth-order valence-electron chi connectivity index (χ4n) is 7.36. The summed E-state index contributed by atoms with van der Waals surface area (Å²) in [5, 5.41) is 13.5. The fraction of sp³-hybridized carbons (Fsp3) is 0.429. The number of thiol groups is 1. The number of nitrogens with one attached hydrogen (secondary N) is 3. The number of oxime groups is 1. The normalized spacial score (nSPS) is 17.4.